The highest BCUT2D eigenvalue weighted by molar-refractivity contribution is 5.84. The number of nitrogens with two attached hydrogens (primary N) is 2. The number of imidazole rings is 1. The number of fused-ring (bicyclic) bond motifs is 1. The average Bonchev–Trinajstić information content (AvgIpc) is 3.18. The smallest absolute Gasteiger partial charge is 0.165 e. The second-order valence-corrected chi connectivity index (χ2v) is 6.82. The highest BCUT2D eigenvalue weighted by atomic mass is 15.1. The van der Waals surface area contributed by atoms with E-state index in [1.54, 1.807) is 12.4 Å². The van der Waals surface area contributed by atoms with Gasteiger partial charge in [-0.1, -0.05) is 30.3 Å². The number of rotatable bonds is 4. The van der Waals surface area contributed by atoms with Crippen LogP contribution in [-0.2, 0) is 6.54 Å². The molecule has 0 saturated heterocycles. The molecule has 0 saturated carbocycles. The van der Waals surface area contributed by atoms with Gasteiger partial charge in [0.25, 0.3) is 0 Å². The minimum absolute atomic E-state index is 0.379. The van der Waals surface area contributed by atoms with Crippen LogP contribution in [0.3, 0.4) is 0 Å². The highest BCUT2D eigenvalue weighted by Crippen LogP contribution is 2.31. The fraction of sp³-hybridized carbons (Fsp3) is 0.0435. The number of benzene rings is 1. The Bertz CT molecular complexity index is 1330. The van der Waals surface area contributed by atoms with Crippen molar-refractivity contribution in [1.82, 2.24) is 24.5 Å². The van der Waals surface area contributed by atoms with Crippen LogP contribution < -0.4 is 11.5 Å². The summed E-state index contributed by atoms with van der Waals surface area (Å²) >= 11 is 0. The van der Waals surface area contributed by atoms with E-state index in [9.17, 15) is 0 Å². The van der Waals surface area contributed by atoms with Gasteiger partial charge in [-0.2, -0.15) is 0 Å². The molecule has 0 bridgehead atoms. The van der Waals surface area contributed by atoms with E-state index in [2.05, 4.69) is 9.97 Å². The third kappa shape index (κ3) is 3.07. The molecule has 0 amide bonds. The molecule has 0 atom stereocenters. The topological polar surface area (TPSA) is 109 Å². The summed E-state index contributed by atoms with van der Waals surface area (Å²) in [5.41, 5.74) is 17.6. The number of nitrogens with zero attached hydrogens (tertiary/aromatic N) is 5. The highest BCUT2D eigenvalue weighted by Gasteiger charge is 2.18. The van der Waals surface area contributed by atoms with Crippen LogP contribution >= 0.6 is 0 Å². The Labute approximate surface area is 173 Å². The maximum absolute atomic E-state index is 6.17. The normalized spacial score (nSPS) is 11.1. The van der Waals surface area contributed by atoms with Crippen molar-refractivity contribution in [3.8, 4) is 28.3 Å². The zero-order valence-electron chi connectivity index (χ0n) is 16.1. The maximum Gasteiger partial charge on any atom is 0.165 e. The van der Waals surface area contributed by atoms with E-state index in [1.165, 1.54) is 0 Å². The lowest BCUT2D eigenvalue weighted by Crippen LogP contribution is -2.04. The van der Waals surface area contributed by atoms with Crippen LogP contribution in [-0.4, -0.2) is 24.5 Å². The van der Waals surface area contributed by atoms with E-state index in [4.69, 9.17) is 21.4 Å². The van der Waals surface area contributed by atoms with Gasteiger partial charge in [-0.05, 0) is 36.4 Å². The molecule has 30 heavy (non-hydrogen) atoms. The SMILES string of the molecule is NCc1ccc(-n2c(-c3cccnc3N)nc3ccc(-c4ccccc4)nc32)cn1. The summed E-state index contributed by atoms with van der Waals surface area (Å²) in [7, 11) is 0. The molecular formula is C23H19N7. The van der Waals surface area contributed by atoms with Gasteiger partial charge in [0.05, 0.1) is 28.8 Å². The van der Waals surface area contributed by atoms with Crippen molar-refractivity contribution in [2.24, 2.45) is 5.73 Å². The van der Waals surface area contributed by atoms with E-state index in [0.29, 0.717) is 18.2 Å². The van der Waals surface area contributed by atoms with E-state index >= 15 is 0 Å². The number of aromatic nitrogens is 5. The summed E-state index contributed by atoms with van der Waals surface area (Å²) in [6.45, 7) is 0.379. The quantitative estimate of drug-likeness (QED) is 0.483. The van der Waals surface area contributed by atoms with Gasteiger partial charge in [-0.25, -0.2) is 15.0 Å². The third-order valence-electron chi connectivity index (χ3n) is 4.93. The molecule has 5 rings (SSSR count). The molecule has 5 aromatic rings. The van der Waals surface area contributed by atoms with Crippen LogP contribution in [0.5, 0.6) is 0 Å². The summed E-state index contributed by atoms with van der Waals surface area (Å²) in [6.07, 6.45) is 3.44. The van der Waals surface area contributed by atoms with Gasteiger partial charge in [-0.15, -0.1) is 0 Å². The summed E-state index contributed by atoms with van der Waals surface area (Å²) < 4.78 is 1.96. The molecule has 7 nitrogen and oxygen atoms in total. The molecule has 4 N–H and O–H groups in total. The van der Waals surface area contributed by atoms with Crippen molar-refractivity contribution in [2.45, 2.75) is 6.54 Å². The molecule has 0 fully saturated rings. The van der Waals surface area contributed by atoms with Crippen LogP contribution in [0.4, 0.5) is 5.82 Å². The second-order valence-electron chi connectivity index (χ2n) is 6.82. The molecule has 4 heterocycles. The lowest BCUT2D eigenvalue weighted by atomic mass is 10.1. The van der Waals surface area contributed by atoms with Gasteiger partial charge in [-0.3, -0.25) is 9.55 Å². The second kappa shape index (κ2) is 7.38. The molecule has 0 radical (unpaired) electrons. The van der Waals surface area contributed by atoms with E-state index in [-0.39, 0.29) is 0 Å². The van der Waals surface area contributed by atoms with Gasteiger partial charge < -0.3 is 11.5 Å². The molecule has 0 spiro atoms. The van der Waals surface area contributed by atoms with Crippen LogP contribution in [0.15, 0.2) is 79.1 Å². The molecule has 7 heteroatoms. The summed E-state index contributed by atoms with van der Waals surface area (Å²) in [6, 6.07) is 21.6. The molecule has 4 aromatic heterocycles. The number of nitrogen functional groups attached to an aromatic ring is 1. The first-order valence-corrected chi connectivity index (χ1v) is 9.56. The van der Waals surface area contributed by atoms with Crippen LogP contribution in [0.1, 0.15) is 5.69 Å². The Balaban J connectivity index is 1.79. The summed E-state index contributed by atoms with van der Waals surface area (Å²) in [5, 5.41) is 0. The number of hydrogen-bond donors (Lipinski definition) is 2. The molecule has 0 aliphatic heterocycles. The van der Waals surface area contributed by atoms with Crippen molar-refractivity contribution >= 4 is 17.0 Å². The maximum atomic E-state index is 6.17. The first-order valence-electron chi connectivity index (χ1n) is 9.56. The van der Waals surface area contributed by atoms with Gasteiger partial charge in [0.2, 0.25) is 0 Å². The van der Waals surface area contributed by atoms with Gasteiger partial charge in [0, 0.05) is 18.3 Å². The fourth-order valence-electron chi connectivity index (χ4n) is 3.43. The van der Waals surface area contributed by atoms with Crippen molar-refractivity contribution in [1.29, 1.82) is 0 Å². The minimum Gasteiger partial charge on any atom is -0.383 e. The first-order chi connectivity index (χ1) is 14.7. The largest absolute Gasteiger partial charge is 0.383 e. The van der Waals surface area contributed by atoms with Crippen molar-refractivity contribution in [3.05, 3.63) is 84.8 Å². The van der Waals surface area contributed by atoms with Gasteiger partial charge in [0.1, 0.15) is 11.3 Å². The Morgan fingerprint density at radius 2 is 1.70 bits per heavy atom. The van der Waals surface area contributed by atoms with Crippen LogP contribution in [0, 0.1) is 0 Å². The van der Waals surface area contributed by atoms with Crippen LogP contribution in [0.25, 0.3) is 39.5 Å². The van der Waals surface area contributed by atoms with Gasteiger partial charge >= 0.3 is 0 Å². The number of anilines is 1. The third-order valence-corrected chi connectivity index (χ3v) is 4.93. The molecule has 0 unspecified atom stereocenters. The predicted molar refractivity (Wildman–Crippen MR) is 118 cm³/mol. The van der Waals surface area contributed by atoms with Crippen molar-refractivity contribution in [3.63, 3.8) is 0 Å². The Morgan fingerprint density at radius 3 is 2.43 bits per heavy atom. The fourth-order valence-corrected chi connectivity index (χ4v) is 3.43. The Morgan fingerprint density at radius 1 is 0.833 bits per heavy atom. The summed E-state index contributed by atoms with van der Waals surface area (Å²) in [5.74, 6) is 1.07. The number of pyridine rings is 3. The Kier molecular flexibility index (Phi) is 4.42. The molecule has 1 aromatic carbocycles. The van der Waals surface area contributed by atoms with Crippen molar-refractivity contribution in [2.75, 3.05) is 5.73 Å². The first kappa shape index (κ1) is 18.0. The lowest BCUT2D eigenvalue weighted by Gasteiger charge is -2.10. The zero-order valence-corrected chi connectivity index (χ0v) is 16.1. The van der Waals surface area contributed by atoms with E-state index in [1.807, 2.05) is 71.3 Å². The van der Waals surface area contributed by atoms with E-state index in [0.717, 1.165) is 39.4 Å². The Hall–Kier alpha value is -4.10. The molecular weight excluding hydrogens is 374 g/mol. The predicted octanol–water partition coefficient (Wildman–Crippen LogP) is 3.59. The molecule has 0 aliphatic rings. The molecule has 0 aliphatic carbocycles. The lowest BCUT2D eigenvalue weighted by molar-refractivity contribution is 0.971. The minimum atomic E-state index is 0.379. The standard InChI is InChI=1S/C23H19N7/c24-13-16-8-9-17(14-27-16)30-22(18-7-4-12-26-21(18)25)29-20-11-10-19(28-23(20)30)15-5-2-1-3-6-15/h1-12,14H,13,24H2,(H2,25,26). The van der Waals surface area contributed by atoms with E-state index < -0.39 is 0 Å². The zero-order chi connectivity index (χ0) is 20.5. The average molecular weight is 393 g/mol. The van der Waals surface area contributed by atoms with Crippen LogP contribution in [0.2, 0.25) is 0 Å². The van der Waals surface area contributed by atoms with Crippen molar-refractivity contribution < 1.29 is 0 Å². The summed E-state index contributed by atoms with van der Waals surface area (Å²) in [4.78, 5) is 18.4. The number of hydrogen-bond acceptors (Lipinski definition) is 6. The monoisotopic (exact) mass is 393 g/mol. The molecule has 146 valence electrons. The van der Waals surface area contributed by atoms with Gasteiger partial charge in [0.15, 0.2) is 11.5 Å².